The number of rotatable bonds is 2. The van der Waals surface area contributed by atoms with E-state index in [2.05, 4.69) is 4.98 Å². The van der Waals surface area contributed by atoms with Gasteiger partial charge in [-0.3, -0.25) is 9.78 Å². The average molecular weight is 205 g/mol. The number of nitrogens with zero attached hydrogens (tertiary/aromatic N) is 1. The Morgan fingerprint density at radius 1 is 1.47 bits per heavy atom. The fraction of sp³-hybridized carbons (Fsp3) is 0.500. The van der Waals surface area contributed by atoms with E-state index in [1.165, 1.54) is 0 Å². The van der Waals surface area contributed by atoms with Crippen molar-refractivity contribution >= 4 is 5.78 Å². The van der Waals surface area contributed by atoms with Crippen LogP contribution in [0, 0.1) is 6.92 Å². The molecule has 1 aromatic heterocycles. The molecular formula is C12H15NO2. The summed E-state index contributed by atoms with van der Waals surface area (Å²) in [6.07, 6.45) is 3.37. The van der Waals surface area contributed by atoms with E-state index in [-0.39, 0.29) is 18.0 Å². The molecule has 15 heavy (non-hydrogen) atoms. The Kier molecular flexibility index (Phi) is 2.82. The van der Waals surface area contributed by atoms with Gasteiger partial charge in [0.25, 0.3) is 0 Å². The van der Waals surface area contributed by atoms with Crippen LogP contribution in [-0.4, -0.2) is 23.0 Å². The molecule has 0 aliphatic carbocycles. The molecule has 0 radical (unpaired) electrons. The topological polar surface area (TPSA) is 39.2 Å². The highest BCUT2D eigenvalue weighted by molar-refractivity contribution is 5.99. The molecule has 2 unspecified atom stereocenters. The molecule has 0 spiro atoms. The van der Waals surface area contributed by atoms with E-state index in [1.807, 2.05) is 26.0 Å². The van der Waals surface area contributed by atoms with Crippen LogP contribution in [0.3, 0.4) is 0 Å². The number of carbonyl (C=O) groups is 1. The third-order valence-corrected chi connectivity index (χ3v) is 2.72. The summed E-state index contributed by atoms with van der Waals surface area (Å²) in [6.45, 7) is 3.91. The van der Waals surface area contributed by atoms with Gasteiger partial charge in [0, 0.05) is 17.5 Å². The molecule has 0 amide bonds. The van der Waals surface area contributed by atoms with Crippen molar-refractivity contribution in [1.29, 1.82) is 0 Å². The Balaban J connectivity index is 2.11. The largest absolute Gasteiger partial charge is 0.367 e. The Hall–Kier alpha value is -1.22. The molecular weight excluding hydrogens is 190 g/mol. The molecule has 2 atom stereocenters. The van der Waals surface area contributed by atoms with Crippen molar-refractivity contribution < 1.29 is 9.53 Å². The van der Waals surface area contributed by atoms with E-state index in [0.29, 0.717) is 5.56 Å². The summed E-state index contributed by atoms with van der Waals surface area (Å²) in [7, 11) is 0. The van der Waals surface area contributed by atoms with E-state index < -0.39 is 0 Å². The van der Waals surface area contributed by atoms with Crippen LogP contribution in [0.4, 0.5) is 0 Å². The molecule has 3 nitrogen and oxygen atoms in total. The van der Waals surface area contributed by atoms with Gasteiger partial charge in [0.05, 0.1) is 6.10 Å². The van der Waals surface area contributed by atoms with Gasteiger partial charge < -0.3 is 4.74 Å². The smallest absolute Gasteiger partial charge is 0.193 e. The second-order valence-corrected chi connectivity index (χ2v) is 4.07. The number of hydrogen-bond donors (Lipinski definition) is 0. The van der Waals surface area contributed by atoms with Gasteiger partial charge in [-0.05, 0) is 38.8 Å². The van der Waals surface area contributed by atoms with Crippen molar-refractivity contribution in [1.82, 2.24) is 4.98 Å². The zero-order valence-corrected chi connectivity index (χ0v) is 9.06. The second-order valence-electron chi connectivity index (χ2n) is 4.07. The lowest BCUT2D eigenvalue weighted by molar-refractivity contribution is 0.0433. The van der Waals surface area contributed by atoms with Gasteiger partial charge in [-0.2, -0.15) is 0 Å². The SMILES string of the molecule is Cc1ccc(C(=O)C2CCC(C)O2)cn1. The molecule has 80 valence electrons. The molecule has 2 rings (SSSR count). The Bertz CT molecular complexity index is 358. The van der Waals surface area contributed by atoms with Gasteiger partial charge in [-0.25, -0.2) is 0 Å². The first-order chi connectivity index (χ1) is 7.16. The van der Waals surface area contributed by atoms with Crippen molar-refractivity contribution in [3.63, 3.8) is 0 Å². The van der Waals surface area contributed by atoms with Gasteiger partial charge in [-0.15, -0.1) is 0 Å². The predicted octanol–water partition coefficient (Wildman–Crippen LogP) is 2.14. The van der Waals surface area contributed by atoms with E-state index >= 15 is 0 Å². The van der Waals surface area contributed by atoms with Gasteiger partial charge in [0.1, 0.15) is 6.10 Å². The number of ether oxygens (including phenoxy) is 1. The Morgan fingerprint density at radius 3 is 2.80 bits per heavy atom. The summed E-state index contributed by atoms with van der Waals surface area (Å²) in [5.74, 6) is 0.0619. The van der Waals surface area contributed by atoms with Crippen molar-refractivity contribution in [3.8, 4) is 0 Å². The highest BCUT2D eigenvalue weighted by Crippen LogP contribution is 2.22. The van der Waals surface area contributed by atoms with Gasteiger partial charge in [0.15, 0.2) is 5.78 Å². The van der Waals surface area contributed by atoms with Crippen molar-refractivity contribution in [2.45, 2.75) is 38.9 Å². The van der Waals surface area contributed by atoms with Crippen molar-refractivity contribution in [2.24, 2.45) is 0 Å². The summed E-state index contributed by atoms with van der Waals surface area (Å²) >= 11 is 0. The quantitative estimate of drug-likeness (QED) is 0.694. The van der Waals surface area contributed by atoms with Crippen molar-refractivity contribution in [2.75, 3.05) is 0 Å². The lowest BCUT2D eigenvalue weighted by atomic mass is 10.1. The highest BCUT2D eigenvalue weighted by atomic mass is 16.5. The number of pyridine rings is 1. The van der Waals surface area contributed by atoms with Gasteiger partial charge in [-0.1, -0.05) is 0 Å². The lowest BCUT2D eigenvalue weighted by Gasteiger charge is -2.09. The van der Waals surface area contributed by atoms with E-state index in [0.717, 1.165) is 18.5 Å². The zero-order chi connectivity index (χ0) is 10.8. The standard InChI is InChI=1S/C12H15NO2/c1-8-3-5-10(7-13-8)12(14)11-6-4-9(2)15-11/h3,5,7,9,11H,4,6H2,1-2H3. The van der Waals surface area contributed by atoms with Crippen LogP contribution in [-0.2, 0) is 4.74 Å². The first-order valence-electron chi connectivity index (χ1n) is 5.29. The van der Waals surface area contributed by atoms with Crippen LogP contribution >= 0.6 is 0 Å². The van der Waals surface area contributed by atoms with Gasteiger partial charge >= 0.3 is 0 Å². The molecule has 1 fully saturated rings. The van der Waals surface area contributed by atoms with Crippen LogP contribution in [0.1, 0.15) is 35.8 Å². The van der Waals surface area contributed by atoms with Crippen LogP contribution in [0.25, 0.3) is 0 Å². The summed E-state index contributed by atoms with van der Waals surface area (Å²) in [5, 5.41) is 0. The summed E-state index contributed by atoms with van der Waals surface area (Å²) in [5.41, 5.74) is 1.58. The predicted molar refractivity (Wildman–Crippen MR) is 56.9 cm³/mol. The van der Waals surface area contributed by atoms with E-state index in [9.17, 15) is 4.79 Å². The molecule has 1 aliphatic heterocycles. The van der Waals surface area contributed by atoms with Crippen LogP contribution in [0.15, 0.2) is 18.3 Å². The minimum Gasteiger partial charge on any atom is -0.367 e. The zero-order valence-electron chi connectivity index (χ0n) is 9.06. The first-order valence-corrected chi connectivity index (χ1v) is 5.29. The normalized spacial score (nSPS) is 25.5. The van der Waals surface area contributed by atoms with E-state index in [4.69, 9.17) is 4.74 Å². The molecule has 0 aromatic carbocycles. The number of carbonyl (C=O) groups excluding carboxylic acids is 1. The number of aromatic nitrogens is 1. The summed E-state index contributed by atoms with van der Waals surface area (Å²) in [4.78, 5) is 16.1. The molecule has 3 heteroatoms. The molecule has 0 N–H and O–H groups in total. The number of aryl methyl sites for hydroxylation is 1. The maximum absolute atomic E-state index is 11.9. The molecule has 1 aliphatic rings. The Morgan fingerprint density at radius 2 is 2.27 bits per heavy atom. The Labute approximate surface area is 89.5 Å². The fourth-order valence-electron chi connectivity index (χ4n) is 1.79. The number of Topliss-reactive ketones (excluding diaryl/α,β-unsaturated/α-hetero) is 1. The molecule has 0 saturated carbocycles. The third kappa shape index (κ3) is 2.23. The molecule has 2 heterocycles. The minimum absolute atomic E-state index is 0.0619. The maximum atomic E-state index is 11.9. The molecule has 1 aromatic rings. The highest BCUT2D eigenvalue weighted by Gasteiger charge is 2.28. The second kappa shape index (κ2) is 4.11. The van der Waals surface area contributed by atoms with Gasteiger partial charge in [0.2, 0.25) is 0 Å². The lowest BCUT2D eigenvalue weighted by Crippen LogP contribution is -2.20. The minimum atomic E-state index is -0.260. The summed E-state index contributed by atoms with van der Waals surface area (Å²) < 4.78 is 5.53. The summed E-state index contributed by atoms with van der Waals surface area (Å²) in [6, 6.07) is 3.67. The number of hydrogen-bond acceptors (Lipinski definition) is 3. The first kappa shape index (κ1) is 10.3. The fourth-order valence-corrected chi connectivity index (χ4v) is 1.79. The molecule has 0 bridgehead atoms. The molecule has 1 saturated heterocycles. The van der Waals surface area contributed by atoms with E-state index in [1.54, 1.807) is 6.20 Å². The van der Waals surface area contributed by atoms with Crippen molar-refractivity contribution in [3.05, 3.63) is 29.6 Å². The average Bonchev–Trinajstić information content (AvgIpc) is 2.65. The van der Waals surface area contributed by atoms with Crippen LogP contribution in [0.2, 0.25) is 0 Å². The van der Waals surface area contributed by atoms with Crippen LogP contribution in [0.5, 0.6) is 0 Å². The third-order valence-electron chi connectivity index (χ3n) is 2.72. The maximum Gasteiger partial charge on any atom is 0.193 e. The monoisotopic (exact) mass is 205 g/mol. The number of ketones is 1. The van der Waals surface area contributed by atoms with Crippen LogP contribution < -0.4 is 0 Å².